The van der Waals surface area contributed by atoms with Crippen molar-refractivity contribution in [3.63, 3.8) is 0 Å². The molecule has 0 radical (unpaired) electrons. The number of nitrogens with zero attached hydrogens (tertiary/aromatic N) is 4. The molecule has 1 aromatic carbocycles. The molecule has 1 amide bonds. The standard InChI is InChI=1S/C22H22FN5OS/c1-13-18-11-19(21(29)25-20-9-10-24-28(20)14(2)16-5-6-16)30-22(18)27(26-13)12-15-3-7-17(23)8-4-15/h3-4,7-11,14,16H,5-6,12H2,1-2H3,(H,25,29). The molecule has 1 N–H and O–H groups in total. The van der Waals surface area contributed by atoms with Gasteiger partial charge in [0.15, 0.2) is 0 Å². The first kappa shape index (κ1) is 19.0. The van der Waals surface area contributed by atoms with Crippen LogP contribution >= 0.6 is 11.3 Å². The van der Waals surface area contributed by atoms with E-state index in [4.69, 9.17) is 0 Å². The summed E-state index contributed by atoms with van der Waals surface area (Å²) in [5, 5.41) is 13.0. The third-order valence-electron chi connectivity index (χ3n) is 5.68. The number of fused-ring (bicyclic) bond motifs is 1. The van der Waals surface area contributed by atoms with Crippen molar-refractivity contribution in [1.82, 2.24) is 19.6 Å². The van der Waals surface area contributed by atoms with Gasteiger partial charge in [-0.25, -0.2) is 9.07 Å². The molecule has 1 fully saturated rings. The van der Waals surface area contributed by atoms with E-state index in [-0.39, 0.29) is 17.8 Å². The van der Waals surface area contributed by atoms with E-state index in [0.717, 1.165) is 27.3 Å². The molecule has 1 aliphatic carbocycles. The van der Waals surface area contributed by atoms with Crippen LogP contribution in [0.15, 0.2) is 42.6 Å². The van der Waals surface area contributed by atoms with Crippen LogP contribution in [0.1, 0.15) is 46.7 Å². The van der Waals surface area contributed by atoms with Crippen molar-refractivity contribution in [2.45, 2.75) is 39.3 Å². The Hall–Kier alpha value is -3.00. The van der Waals surface area contributed by atoms with E-state index in [1.165, 1.54) is 36.3 Å². The molecule has 8 heteroatoms. The largest absolute Gasteiger partial charge is 0.306 e. The van der Waals surface area contributed by atoms with E-state index in [1.807, 2.05) is 28.4 Å². The van der Waals surface area contributed by atoms with E-state index in [0.29, 0.717) is 17.3 Å². The Morgan fingerprint density at radius 1 is 1.30 bits per heavy atom. The Labute approximate surface area is 177 Å². The van der Waals surface area contributed by atoms with Crippen LogP contribution in [0.5, 0.6) is 0 Å². The number of thiophene rings is 1. The van der Waals surface area contributed by atoms with Gasteiger partial charge in [0, 0.05) is 11.5 Å². The first-order chi connectivity index (χ1) is 14.5. The van der Waals surface area contributed by atoms with Gasteiger partial charge in [-0.3, -0.25) is 9.48 Å². The molecule has 1 atom stereocenters. The maximum absolute atomic E-state index is 13.2. The topological polar surface area (TPSA) is 64.7 Å². The van der Waals surface area contributed by atoms with Crippen LogP contribution in [0, 0.1) is 18.7 Å². The van der Waals surface area contributed by atoms with Gasteiger partial charge in [0.1, 0.15) is 16.5 Å². The van der Waals surface area contributed by atoms with Crippen molar-refractivity contribution in [2.24, 2.45) is 5.92 Å². The van der Waals surface area contributed by atoms with Gasteiger partial charge in [-0.2, -0.15) is 10.2 Å². The van der Waals surface area contributed by atoms with Crippen LogP contribution in [0.25, 0.3) is 10.2 Å². The molecule has 30 heavy (non-hydrogen) atoms. The highest BCUT2D eigenvalue weighted by Gasteiger charge is 2.31. The van der Waals surface area contributed by atoms with E-state index in [2.05, 4.69) is 22.4 Å². The van der Waals surface area contributed by atoms with Gasteiger partial charge < -0.3 is 5.32 Å². The van der Waals surface area contributed by atoms with Crippen LogP contribution in [-0.4, -0.2) is 25.5 Å². The molecule has 1 unspecified atom stereocenters. The normalized spacial score (nSPS) is 14.9. The van der Waals surface area contributed by atoms with Crippen LogP contribution < -0.4 is 5.32 Å². The number of anilines is 1. The Morgan fingerprint density at radius 3 is 2.80 bits per heavy atom. The minimum Gasteiger partial charge on any atom is -0.306 e. The highest BCUT2D eigenvalue weighted by atomic mass is 32.1. The molecule has 154 valence electrons. The van der Waals surface area contributed by atoms with E-state index in [1.54, 1.807) is 18.3 Å². The predicted octanol–water partition coefficient (Wildman–Crippen LogP) is 5.01. The SMILES string of the molecule is Cc1nn(Cc2ccc(F)cc2)c2sc(C(=O)Nc3ccnn3C(C)C3CC3)cc12. The molecule has 0 aliphatic heterocycles. The second-order valence-corrected chi connectivity index (χ2v) is 8.92. The smallest absolute Gasteiger partial charge is 0.266 e. The van der Waals surface area contributed by atoms with Gasteiger partial charge in [0.25, 0.3) is 5.91 Å². The van der Waals surface area contributed by atoms with Crippen molar-refractivity contribution in [2.75, 3.05) is 5.32 Å². The number of carbonyl (C=O) groups is 1. The van der Waals surface area contributed by atoms with Gasteiger partial charge >= 0.3 is 0 Å². The summed E-state index contributed by atoms with van der Waals surface area (Å²) in [6.45, 7) is 4.61. The molecule has 3 aromatic heterocycles. The fourth-order valence-corrected chi connectivity index (χ4v) is 4.84. The minimum absolute atomic E-state index is 0.145. The molecule has 4 aromatic rings. The fraction of sp³-hybridized carbons (Fsp3) is 0.318. The second kappa shape index (κ2) is 7.36. The summed E-state index contributed by atoms with van der Waals surface area (Å²) in [5.74, 6) is 0.964. The number of amides is 1. The molecule has 1 aliphatic rings. The summed E-state index contributed by atoms with van der Waals surface area (Å²) in [6, 6.07) is 10.4. The van der Waals surface area contributed by atoms with Crippen LogP contribution in [-0.2, 0) is 6.54 Å². The highest BCUT2D eigenvalue weighted by Crippen LogP contribution is 2.40. The number of nitrogens with one attached hydrogen (secondary N) is 1. The number of carbonyl (C=O) groups excluding carboxylic acids is 1. The first-order valence-electron chi connectivity index (χ1n) is 10.1. The van der Waals surface area contributed by atoms with Crippen molar-refractivity contribution in [1.29, 1.82) is 0 Å². The molecule has 3 heterocycles. The van der Waals surface area contributed by atoms with Crippen molar-refractivity contribution >= 4 is 33.3 Å². The zero-order chi connectivity index (χ0) is 20.8. The second-order valence-electron chi connectivity index (χ2n) is 7.89. The molecule has 5 rings (SSSR count). The maximum Gasteiger partial charge on any atom is 0.266 e. The Balaban J connectivity index is 1.39. The predicted molar refractivity (Wildman–Crippen MR) is 115 cm³/mol. The molecule has 0 saturated heterocycles. The third kappa shape index (κ3) is 3.52. The summed E-state index contributed by atoms with van der Waals surface area (Å²) in [4.78, 5) is 14.5. The van der Waals surface area contributed by atoms with Crippen LogP contribution in [0.4, 0.5) is 10.2 Å². The van der Waals surface area contributed by atoms with Crippen molar-refractivity contribution in [3.8, 4) is 0 Å². The van der Waals surface area contributed by atoms with E-state index < -0.39 is 0 Å². The quantitative estimate of drug-likeness (QED) is 0.474. The lowest BCUT2D eigenvalue weighted by Gasteiger charge is -2.15. The fourth-order valence-electron chi connectivity index (χ4n) is 3.79. The molecule has 1 saturated carbocycles. The lowest BCUT2D eigenvalue weighted by Crippen LogP contribution is -2.17. The summed E-state index contributed by atoms with van der Waals surface area (Å²) >= 11 is 1.41. The van der Waals surface area contributed by atoms with Crippen LogP contribution in [0.2, 0.25) is 0 Å². The first-order valence-corrected chi connectivity index (χ1v) is 10.9. The molecule has 0 bridgehead atoms. The zero-order valence-corrected chi connectivity index (χ0v) is 17.6. The Bertz CT molecular complexity index is 1220. The summed E-state index contributed by atoms with van der Waals surface area (Å²) < 4.78 is 17.0. The minimum atomic E-state index is -0.258. The van der Waals surface area contributed by atoms with Gasteiger partial charge in [-0.15, -0.1) is 11.3 Å². The molecule has 0 spiro atoms. The number of aromatic nitrogens is 4. The molecular weight excluding hydrogens is 401 g/mol. The van der Waals surface area contributed by atoms with Crippen molar-refractivity contribution in [3.05, 3.63) is 64.5 Å². The average molecular weight is 424 g/mol. The highest BCUT2D eigenvalue weighted by molar-refractivity contribution is 7.20. The molecule has 6 nitrogen and oxygen atoms in total. The lowest BCUT2D eigenvalue weighted by molar-refractivity contribution is 0.102. The van der Waals surface area contributed by atoms with Crippen LogP contribution in [0.3, 0.4) is 0 Å². The number of rotatable bonds is 6. The summed E-state index contributed by atoms with van der Waals surface area (Å²) in [7, 11) is 0. The number of benzene rings is 1. The van der Waals surface area contributed by atoms with E-state index in [9.17, 15) is 9.18 Å². The van der Waals surface area contributed by atoms with Gasteiger partial charge in [-0.05, 0) is 56.4 Å². The lowest BCUT2D eigenvalue weighted by atomic mass is 10.2. The Kier molecular flexibility index (Phi) is 4.66. The zero-order valence-electron chi connectivity index (χ0n) is 16.8. The number of hydrogen-bond acceptors (Lipinski definition) is 4. The van der Waals surface area contributed by atoms with Gasteiger partial charge in [0.05, 0.1) is 29.4 Å². The number of halogens is 1. The van der Waals surface area contributed by atoms with E-state index >= 15 is 0 Å². The molecular formula is C22H22FN5OS. The third-order valence-corrected chi connectivity index (χ3v) is 6.83. The number of hydrogen-bond donors (Lipinski definition) is 1. The Morgan fingerprint density at radius 2 is 2.07 bits per heavy atom. The summed E-state index contributed by atoms with van der Waals surface area (Å²) in [5.41, 5.74) is 1.83. The summed E-state index contributed by atoms with van der Waals surface area (Å²) in [6.07, 6.45) is 4.16. The van der Waals surface area contributed by atoms with Crippen molar-refractivity contribution < 1.29 is 9.18 Å². The number of aryl methyl sites for hydroxylation is 1. The maximum atomic E-state index is 13.2. The average Bonchev–Trinajstić information content (AvgIpc) is 3.19. The van der Waals surface area contributed by atoms with Gasteiger partial charge in [-0.1, -0.05) is 12.1 Å². The monoisotopic (exact) mass is 423 g/mol. The van der Waals surface area contributed by atoms with Gasteiger partial charge in [0.2, 0.25) is 0 Å².